The van der Waals surface area contributed by atoms with Crippen LogP contribution < -0.4 is 4.18 Å². The van der Waals surface area contributed by atoms with Crippen LogP contribution in [0.1, 0.15) is 30.9 Å². The number of nitrogens with zero attached hydrogens (tertiary/aromatic N) is 3. The van der Waals surface area contributed by atoms with Crippen molar-refractivity contribution in [2.75, 3.05) is 13.7 Å². The molecule has 12 heteroatoms. The second-order valence-electron chi connectivity index (χ2n) is 7.07. The van der Waals surface area contributed by atoms with E-state index in [1.165, 1.54) is 12.1 Å². The molecule has 3 rings (SSSR count). The molecule has 0 aliphatic heterocycles. The van der Waals surface area contributed by atoms with Crippen molar-refractivity contribution in [2.24, 2.45) is 16.1 Å². The first-order valence-electron chi connectivity index (χ1n) is 9.90. The number of hydrogen-bond acceptors (Lipinski definition) is 6. The van der Waals surface area contributed by atoms with E-state index < -0.39 is 21.4 Å². The number of hydrogen-bond donors (Lipinski definition) is 0. The number of alkyl halides is 3. The summed E-state index contributed by atoms with van der Waals surface area (Å²) in [5.41, 5.74) is -3.99. The SMILES string of the molecule is CCN(OC)C(=NN=C(c1ccc(Cl)cc1)c1ccc(OS(=O)(=O)C(F)(F)F)cc1)C1CC1. The minimum atomic E-state index is -5.77. The summed E-state index contributed by atoms with van der Waals surface area (Å²) in [6.07, 6.45) is 1.93. The zero-order valence-electron chi connectivity index (χ0n) is 17.7. The summed E-state index contributed by atoms with van der Waals surface area (Å²) in [5, 5.41) is 11.0. The fraction of sp³-hybridized carbons (Fsp3) is 0.333. The summed E-state index contributed by atoms with van der Waals surface area (Å²) < 4.78 is 64.4. The molecule has 0 aromatic heterocycles. The summed E-state index contributed by atoms with van der Waals surface area (Å²) >= 11 is 5.98. The quantitative estimate of drug-likeness (QED) is 0.166. The Bertz CT molecular complexity index is 1130. The number of rotatable bonds is 8. The van der Waals surface area contributed by atoms with Crippen molar-refractivity contribution in [3.63, 3.8) is 0 Å². The lowest BCUT2D eigenvalue weighted by molar-refractivity contribution is -0.0634. The lowest BCUT2D eigenvalue weighted by Gasteiger charge is -2.20. The Morgan fingerprint density at radius 3 is 2.06 bits per heavy atom. The topological polar surface area (TPSA) is 80.6 Å². The van der Waals surface area contributed by atoms with Crippen LogP contribution in [0.25, 0.3) is 0 Å². The van der Waals surface area contributed by atoms with Crippen LogP contribution in [-0.4, -0.2) is 44.2 Å². The van der Waals surface area contributed by atoms with E-state index in [0.29, 0.717) is 34.2 Å². The van der Waals surface area contributed by atoms with Crippen molar-refractivity contribution in [2.45, 2.75) is 25.3 Å². The third-order valence-corrected chi connectivity index (χ3v) is 5.92. The van der Waals surface area contributed by atoms with Gasteiger partial charge in [0.2, 0.25) is 0 Å². The maximum Gasteiger partial charge on any atom is 0.534 e. The molecule has 0 radical (unpaired) electrons. The first-order chi connectivity index (χ1) is 15.6. The third-order valence-electron chi connectivity index (χ3n) is 4.69. The van der Waals surface area contributed by atoms with Gasteiger partial charge in [-0.3, -0.25) is 4.84 Å². The Morgan fingerprint density at radius 1 is 1.06 bits per heavy atom. The largest absolute Gasteiger partial charge is 0.534 e. The molecule has 0 atom stereocenters. The van der Waals surface area contributed by atoms with E-state index in [1.807, 2.05) is 6.92 Å². The fourth-order valence-electron chi connectivity index (χ4n) is 2.89. The average molecular weight is 504 g/mol. The van der Waals surface area contributed by atoms with Gasteiger partial charge in [0, 0.05) is 28.6 Å². The fourth-order valence-corrected chi connectivity index (χ4v) is 3.48. The Kier molecular flexibility index (Phi) is 7.65. The van der Waals surface area contributed by atoms with Gasteiger partial charge in [0.1, 0.15) is 11.5 Å². The van der Waals surface area contributed by atoms with Gasteiger partial charge in [-0.25, -0.2) is 5.06 Å². The van der Waals surface area contributed by atoms with Gasteiger partial charge in [-0.05, 0) is 56.2 Å². The first-order valence-corrected chi connectivity index (χ1v) is 11.7. The van der Waals surface area contributed by atoms with Crippen LogP contribution in [0.4, 0.5) is 13.2 Å². The van der Waals surface area contributed by atoms with Gasteiger partial charge in [0.25, 0.3) is 0 Å². The highest BCUT2D eigenvalue weighted by Gasteiger charge is 2.48. The van der Waals surface area contributed by atoms with Crippen LogP contribution >= 0.6 is 11.6 Å². The van der Waals surface area contributed by atoms with Crippen LogP contribution in [0.15, 0.2) is 58.7 Å². The molecule has 0 saturated heterocycles. The maximum absolute atomic E-state index is 12.6. The van der Waals surface area contributed by atoms with Crippen LogP contribution in [0.2, 0.25) is 5.02 Å². The smallest absolute Gasteiger partial charge is 0.376 e. The van der Waals surface area contributed by atoms with E-state index in [9.17, 15) is 21.6 Å². The Labute approximate surface area is 194 Å². The predicted octanol–water partition coefficient (Wildman–Crippen LogP) is 5.01. The molecule has 1 saturated carbocycles. The van der Waals surface area contributed by atoms with E-state index in [2.05, 4.69) is 14.4 Å². The van der Waals surface area contributed by atoms with E-state index in [1.54, 1.807) is 36.4 Å². The van der Waals surface area contributed by atoms with Gasteiger partial charge in [0.05, 0.1) is 7.11 Å². The normalized spacial score (nSPS) is 15.5. The molecule has 178 valence electrons. The van der Waals surface area contributed by atoms with Gasteiger partial charge < -0.3 is 4.18 Å². The van der Waals surface area contributed by atoms with E-state index in [0.717, 1.165) is 25.0 Å². The second-order valence-corrected chi connectivity index (χ2v) is 9.05. The number of halogens is 4. The van der Waals surface area contributed by atoms with Crippen LogP contribution in [0, 0.1) is 5.92 Å². The monoisotopic (exact) mass is 503 g/mol. The molecule has 33 heavy (non-hydrogen) atoms. The minimum Gasteiger partial charge on any atom is -0.376 e. The van der Waals surface area contributed by atoms with Crippen molar-refractivity contribution >= 4 is 33.3 Å². The predicted molar refractivity (Wildman–Crippen MR) is 119 cm³/mol. The van der Waals surface area contributed by atoms with Gasteiger partial charge in [-0.1, -0.05) is 23.7 Å². The van der Waals surface area contributed by atoms with Crippen molar-refractivity contribution in [1.82, 2.24) is 5.06 Å². The van der Waals surface area contributed by atoms with Crippen molar-refractivity contribution in [1.29, 1.82) is 0 Å². The molecule has 2 aromatic rings. The molecule has 0 bridgehead atoms. The minimum absolute atomic E-state index is 0.225. The molecule has 7 nitrogen and oxygen atoms in total. The highest BCUT2D eigenvalue weighted by molar-refractivity contribution is 7.88. The molecule has 1 aliphatic rings. The van der Waals surface area contributed by atoms with E-state index in [4.69, 9.17) is 16.4 Å². The molecule has 0 amide bonds. The summed E-state index contributed by atoms with van der Waals surface area (Å²) in [5.74, 6) is 0.413. The molecular weight excluding hydrogens is 483 g/mol. The van der Waals surface area contributed by atoms with Gasteiger partial charge in [-0.15, -0.1) is 10.2 Å². The van der Waals surface area contributed by atoms with Crippen LogP contribution in [0.5, 0.6) is 5.75 Å². The van der Waals surface area contributed by atoms with Gasteiger partial charge >= 0.3 is 15.6 Å². The molecule has 1 aliphatic carbocycles. The van der Waals surface area contributed by atoms with Crippen LogP contribution in [0.3, 0.4) is 0 Å². The number of benzene rings is 2. The van der Waals surface area contributed by atoms with Gasteiger partial charge in [0.15, 0.2) is 5.84 Å². The van der Waals surface area contributed by atoms with Crippen LogP contribution in [-0.2, 0) is 15.0 Å². The number of hydroxylamine groups is 2. The summed E-state index contributed by atoms with van der Waals surface area (Å²) in [4.78, 5) is 5.36. The highest BCUT2D eigenvalue weighted by atomic mass is 35.5. The highest BCUT2D eigenvalue weighted by Crippen LogP contribution is 2.32. The summed E-state index contributed by atoms with van der Waals surface area (Å²) in [6.45, 7) is 2.48. The molecule has 0 unspecified atom stereocenters. The Balaban J connectivity index is 1.99. The summed E-state index contributed by atoms with van der Waals surface area (Å²) in [7, 11) is -4.23. The lowest BCUT2D eigenvalue weighted by Crippen LogP contribution is -2.31. The molecule has 2 aromatic carbocycles. The molecule has 0 heterocycles. The average Bonchev–Trinajstić information content (AvgIpc) is 3.59. The van der Waals surface area contributed by atoms with Gasteiger partial charge in [-0.2, -0.15) is 21.6 Å². The maximum atomic E-state index is 12.6. The van der Waals surface area contributed by atoms with E-state index in [-0.39, 0.29) is 5.92 Å². The Morgan fingerprint density at radius 2 is 1.61 bits per heavy atom. The van der Waals surface area contributed by atoms with Crippen molar-refractivity contribution in [3.8, 4) is 5.75 Å². The summed E-state index contributed by atoms with van der Waals surface area (Å²) in [6, 6.07) is 11.8. The van der Waals surface area contributed by atoms with Crippen molar-refractivity contribution in [3.05, 3.63) is 64.7 Å². The second kappa shape index (κ2) is 10.1. The first kappa shape index (κ1) is 25.0. The molecule has 0 N–H and O–H groups in total. The Hall–Kier alpha value is -2.63. The number of amidine groups is 1. The zero-order chi connectivity index (χ0) is 24.2. The molecule has 0 spiro atoms. The standard InChI is InChI=1S/C21H21ClF3N3O4S/c1-3-28(31-2)20(16-4-5-16)27-26-19(14-6-10-17(22)11-7-14)15-8-12-18(13-9-15)32-33(29,30)21(23,24)25/h6-13,16H,3-5H2,1-2H3. The lowest BCUT2D eigenvalue weighted by atomic mass is 10.0. The third kappa shape index (κ3) is 6.24. The molecular formula is C21H21ClF3N3O4S. The van der Waals surface area contributed by atoms with E-state index >= 15 is 0 Å². The molecule has 1 fully saturated rings. The zero-order valence-corrected chi connectivity index (χ0v) is 19.3. The van der Waals surface area contributed by atoms with Crippen molar-refractivity contribution < 1.29 is 30.6 Å².